The number of alkyl halides is 1. The number of nitrogens with two attached hydrogens (primary N) is 1. The van der Waals surface area contributed by atoms with Gasteiger partial charge in [-0.05, 0) is 49.9 Å². The second-order valence-electron chi connectivity index (χ2n) is 3.23. The SMILES string of the molecule is COc1cc([C@H](N)CCF)c(Br)c(Br)c1O.Cl. The summed E-state index contributed by atoms with van der Waals surface area (Å²) in [4.78, 5) is 0. The maximum atomic E-state index is 12.2. The van der Waals surface area contributed by atoms with Crippen LogP contribution >= 0.6 is 44.3 Å². The molecule has 1 atom stereocenters. The van der Waals surface area contributed by atoms with Gasteiger partial charge in [-0.1, -0.05) is 0 Å². The predicted octanol–water partition coefficient (Wildman–Crippen LogP) is 3.71. The van der Waals surface area contributed by atoms with Crippen molar-refractivity contribution < 1.29 is 14.2 Å². The molecule has 0 aliphatic rings. The lowest BCUT2D eigenvalue weighted by Gasteiger charge is -2.16. The average Bonchev–Trinajstić information content (AvgIpc) is 2.27. The standard InChI is InChI=1S/C10H12Br2FNO2.ClH/c1-16-7-4-5(6(14)2-3-13)8(11)9(12)10(7)15;/h4,6,15H,2-3,14H2,1H3;1H/t6-;/m1./s1. The number of hydrogen-bond acceptors (Lipinski definition) is 3. The van der Waals surface area contributed by atoms with Crippen LogP contribution in [0.5, 0.6) is 11.5 Å². The molecular formula is C10H13Br2ClFNO2. The molecule has 0 aliphatic heterocycles. The van der Waals surface area contributed by atoms with Crippen molar-refractivity contribution in [3.05, 3.63) is 20.6 Å². The molecule has 0 bridgehead atoms. The fraction of sp³-hybridized carbons (Fsp3) is 0.400. The summed E-state index contributed by atoms with van der Waals surface area (Å²) in [6.07, 6.45) is 0.221. The van der Waals surface area contributed by atoms with Crippen LogP contribution in [0.2, 0.25) is 0 Å². The van der Waals surface area contributed by atoms with Crippen LogP contribution < -0.4 is 10.5 Å². The summed E-state index contributed by atoms with van der Waals surface area (Å²) < 4.78 is 18.3. The third kappa shape index (κ3) is 3.71. The second-order valence-corrected chi connectivity index (χ2v) is 4.81. The molecule has 0 saturated heterocycles. The van der Waals surface area contributed by atoms with Crippen LogP contribution in [-0.2, 0) is 0 Å². The van der Waals surface area contributed by atoms with Crippen molar-refractivity contribution in [1.29, 1.82) is 0 Å². The first-order valence-electron chi connectivity index (χ1n) is 4.59. The molecule has 1 rings (SSSR count). The van der Waals surface area contributed by atoms with Gasteiger partial charge in [0.2, 0.25) is 0 Å². The highest BCUT2D eigenvalue weighted by atomic mass is 79.9. The number of phenols is 1. The van der Waals surface area contributed by atoms with Crippen molar-refractivity contribution in [3.8, 4) is 11.5 Å². The maximum absolute atomic E-state index is 12.2. The van der Waals surface area contributed by atoms with Gasteiger partial charge in [-0.25, -0.2) is 0 Å². The van der Waals surface area contributed by atoms with Crippen molar-refractivity contribution in [3.63, 3.8) is 0 Å². The molecule has 17 heavy (non-hydrogen) atoms. The molecule has 0 heterocycles. The zero-order valence-corrected chi connectivity index (χ0v) is 13.0. The smallest absolute Gasteiger partial charge is 0.173 e. The normalized spacial score (nSPS) is 11.8. The lowest BCUT2D eigenvalue weighted by Crippen LogP contribution is -2.12. The van der Waals surface area contributed by atoms with Crippen LogP contribution in [0.3, 0.4) is 0 Å². The summed E-state index contributed by atoms with van der Waals surface area (Å²) >= 11 is 6.51. The summed E-state index contributed by atoms with van der Waals surface area (Å²) in [6, 6.07) is 1.16. The number of hydrogen-bond donors (Lipinski definition) is 2. The van der Waals surface area contributed by atoms with Crippen molar-refractivity contribution >= 4 is 44.3 Å². The van der Waals surface area contributed by atoms with Crippen LogP contribution in [0.4, 0.5) is 4.39 Å². The van der Waals surface area contributed by atoms with Crippen molar-refractivity contribution in [1.82, 2.24) is 0 Å². The van der Waals surface area contributed by atoms with Crippen molar-refractivity contribution in [2.75, 3.05) is 13.8 Å². The number of ether oxygens (including phenoxy) is 1. The molecule has 0 radical (unpaired) electrons. The molecule has 0 saturated carbocycles. The number of methoxy groups -OCH3 is 1. The number of benzene rings is 1. The van der Waals surface area contributed by atoms with Crippen LogP contribution in [-0.4, -0.2) is 18.9 Å². The minimum atomic E-state index is -0.492. The largest absolute Gasteiger partial charge is 0.503 e. The van der Waals surface area contributed by atoms with E-state index < -0.39 is 12.7 Å². The molecule has 0 aliphatic carbocycles. The van der Waals surface area contributed by atoms with E-state index in [4.69, 9.17) is 10.5 Å². The molecule has 0 aromatic heterocycles. The topological polar surface area (TPSA) is 55.5 Å². The number of aromatic hydroxyl groups is 1. The summed E-state index contributed by atoms with van der Waals surface area (Å²) in [5.41, 5.74) is 6.51. The summed E-state index contributed by atoms with van der Waals surface area (Å²) in [7, 11) is 1.44. The van der Waals surface area contributed by atoms with E-state index in [1.165, 1.54) is 7.11 Å². The lowest BCUT2D eigenvalue weighted by molar-refractivity contribution is 0.369. The Morgan fingerprint density at radius 1 is 1.47 bits per heavy atom. The van der Waals surface area contributed by atoms with Crippen LogP contribution in [0.1, 0.15) is 18.0 Å². The molecule has 0 fully saturated rings. The van der Waals surface area contributed by atoms with Crippen LogP contribution in [0.15, 0.2) is 15.0 Å². The van der Waals surface area contributed by atoms with E-state index in [1.54, 1.807) is 6.07 Å². The molecule has 0 unspecified atom stereocenters. The number of phenolic OH excluding ortho intramolecular Hbond substituents is 1. The quantitative estimate of drug-likeness (QED) is 0.820. The van der Waals surface area contributed by atoms with E-state index in [2.05, 4.69) is 31.9 Å². The van der Waals surface area contributed by atoms with Gasteiger partial charge in [0.15, 0.2) is 11.5 Å². The predicted molar refractivity (Wildman–Crippen MR) is 74.8 cm³/mol. The van der Waals surface area contributed by atoms with Crippen molar-refractivity contribution in [2.45, 2.75) is 12.5 Å². The van der Waals surface area contributed by atoms with Gasteiger partial charge in [0.05, 0.1) is 18.3 Å². The molecule has 1 aromatic rings. The molecule has 1 aromatic carbocycles. The fourth-order valence-electron chi connectivity index (χ4n) is 1.31. The van der Waals surface area contributed by atoms with E-state index in [9.17, 15) is 9.50 Å². The third-order valence-electron chi connectivity index (χ3n) is 2.21. The van der Waals surface area contributed by atoms with E-state index in [0.29, 0.717) is 20.3 Å². The first-order chi connectivity index (χ1) is 7.52. The van der Waals surface area contributed by atoms with Gasteiger partial charge in [-0.15, -0.1) is 12.4 Å². The van der Waals surface area contributed by atoms with E-state index >= 15 is 0 Å². The van der Waals surface area contributed by atoms with E-state index in [0.717, 1.165) is 0 Å². The minimum absolute atomic E-state index is 0. The van der Waals surface area contributed by atoms with Gasteiger partial charge < -0.3 is 15.6 Å². The third-order valence-corrected chi connectivity index (χ3v) is 4.37. The van der Waals surface area contributed by atoms with E-state index in [1.807, 2.05) is 0 Å². The Morgan fingerprint density at radius 2 is 2.06 bits per heavy atom. The fourth-order valence-corrected chi connectivity index (χ4v) is 2.33. The number of rotatable bonds is 4. The molecule has 3 nitrogen and oxygen atoms in total. The molecule has 0 amide bonds. The molecule has 98 valence electrons. The van der Waals surface area contributed by atoms with Gasteiger partial charge in [-0.3, -0.25) is 4.39 Å². The lowest BCUT2D eigenvalue weighted by atomic mass is 10.0. The van der Waals surface area contributed by atoms with E-state index in [-0.39, 0.29) is 24.6 Å². The van der Waals surface area contributed by atoms with Gasteiger partial charge in [-0.2, -0.15) is 0 Å². The number of halogens is 4. The zero-order chi connectivity index (χ0) is 12.3. The molecule has 3 N–H and O–H groups in total. The van der Waals surface area contributed by atoms with Crippen molar-refractivity contribution in [2.24, 2.45) is 5.73 Å². The Hall–Kier alpha value is -0.0400. The summed E-state index contributed by atoms with van der Waals surface area (Å²) in [6.45, 7) is -0.492. The van der Waals surface area contributed by atoms with Gasteiger partial charge >= 0.3 is 0 Å². The highest BCUT2D eigenvalue weighted by Gasteiger charge is 2.18. The Balaban J connectivity index is 0.00000256. The maximum Gasteiger partial charge on any atom is 0.173 e. The molecule has 0 spiro atoms. The Morgan fingerprint density at radius 3 is 2.53 bits per heavy atom. The second kappa shape index (κ2) is 7.41. The zero-order valence-electron chi connectivity index (χ0n) is 9.04. The van der Waals surface area contributed by atoms with Gasteiger partial charge in [0.1, 0.15) is 0 Å². The van der Waals surface area contributed by atoms with Crippen LogP contribution in [0.25, 0.3) is 0 Å². The van der Waals surface area contributed by atoms with Crippen LogP contribution in [0, 0.1) is 0 Å². The monoisotopic (exact) mass is 391 g/mol. The van der Waals surface area contributed by atoms with Gasteiger partial charge in [0, 0.05) is 10.5 Å². The Labute approximate surface area is 122 Å². The summed E-state index contributed by atoms with van der Waals surface area (Å²) in [5, 5.41) is 9.70. The highest BCUT2D eigenvalue weighted by molar-refractivity contribution is 9.13. The first-order valence-corrected chi connectivity index (χ1v) is 6.17. The summed E-state index contributed by atoms with van der Waals surface area (Å²) in [5.74, 6) is 0.296. The molecular weight excluding hydrogens is 380 g/mol. The van der Waals surface area contributed by atoms with Gasteiger partial charge in [0.25, 0.3) is 0 Å². The molecule has 7 heteroatoms. The Bertz CT molecular complexity index is 393. The first kappa shape index (κ1) is 17.0. The average molecular weight is 393 g/mol. The minimum Gasteiger partial charge on any atom is -0.503 e. The highest BCUT2D eigenvalue weighted by Crippen LogP contribution is 2.43. The Kier molecular flexibility index (Phi) is 7.39.